The highest BCUT2D eigenvalue weighted by Crippen LogP contribution is 2.59. The molecule has 82 valence electrons. The largest absolute Gasteiger partial charge is 0.468 e. The van der Waals surface area contributed by atoms with Crippen LogP contribution in [0.25, 0.3) is 0 Å². The van der Waals surface area contributed by atoms with Crippen LogP contribution in [0.1, 0.15) is 25.7 Å². The highest BCUT2D eigenvalue weighted by Gasteiger charge is 2.58. The van der Waals surface area contributed by atoms with Gasteiger partial charge < -0.3 is 4.74 Å². The molecule has 15 heavy (non-hydrogen) atoms. The van der Waals surface area contributed by atoms with Crippen LogP contribution in [0.2, 0.25) is 0 Å². The van der Waals surface area contributed by atoms with Crippen molar-refractivity contribution in [2.45, 2.75) is 25.7 Å². The highest BCUT2D eigenvalue weighted by molar-refractivity contribution is 6.01. The summed E-state index contributed by atoms with van der Waals surface area (Å²) in [5.41, 5.74) is 0. The third-order valence-corrected chi connectivity index (χ3v) is 4.78. The van der Waals surface area contributed by atoms with E-state index in [0.717, 1.165) is 5.92 Å². The number of methoxy groups -OCH3 is 1. The van der Waals surface area contributed by atoms with Crippen molar-refractivity contribution in [1.29, 1.82) is 0 Å². The molecule has 0 radical (unpaired) electrons. The van der Waals surface area contributed by atoms with Crippen LogP contribution in [0, 0.1) is 29.6 Å². The zero-order chi connectivity index (χ0) is 10.6. The molecule has 3 heteroatoms. The van der Waals surface area contributed by atoms with Gasteiger partial charge in [-0.3, -0.25) is 9.59 Å². The van der Waals surface area contributed by atoms with Crippen molar-refractivity contribution in [1.82, 2.24) is 0 Å². The Balaban J connectivity index is 1.90. The average Bonchev–Trinajstić information content (AvgIpc) is 2.86. The maximum atomic E-state index is 11.8. The van der Waals surface area contributed by atoms with Crippen molar-refractivity contribution in [2.75, 3.05) is 7.11 Å². The number of fused-ring (bicyclic) bond motifs is 5. The number of rotatable bonds is 1. The first-order chi connectivity index (χ1) is 7.22. The van der Waals surface area contributed by atoms with Gasteiger partial charge in [0.1, 0.15) is 11.7 Å². The number of Topliss-reactive ketones (excluding diaryl/α,β-unsaturated/α-hetero) is 1. The zero-order valence-corrected chi connectivity index (χ0v) is 8.94. The summed E-state index contributed by atoms with van der Waals surface area (Å²) in [5, 5.41) is 0. The first-order valence-electron chi connectivity index (χ1n) is 5.83. The Morgan fingerprint density at radius 3 is 2.80 bits per heavy atom. The third-order valence-electron chi connectivity index (χ3n) is 4.78. The lowest BCUT2D eigenvalue weighted by Gasteiger charge is -2.26. The van der Waals surface area contributed by atoms with Gasteiger partial charge in [-0.15, -0.1) is 0 Å². The molecule has 3 rings (SSSR count). The van der Waals surface area contributed by atoms with E-state index in [1.165, 1.54) is 26.4 Å². The minimum atomic E-state index is -0.421. The molecule has 0 saturated heterocycles. The molecule has 3 nitrogen and oxygen atoms in total. The topological polar surface area (TPSA) is 43.4 Å². The third kappa shape index (κ3) is 1.12. The maximum Gasteiger partial charge on any atom is 0.316 e. The number of carbonyl (C=O) groups excluding carboxylic acids is 2. The Morgan fingerprint density at radius 2 is 2.07 bits per heavy atom. The minimum Gasteiger partial charge on any atom is -0.468 e. The normalized spacial score (nSPS) is 47.0. The highest BCUT2D eigenvalue weighted by atomic mass is 16.5. The van der Waals surface area contributed by atoms with Crippen molar-refractivity contribution in [3.8, 4) is 0 Å². The second kappa shape index (κ2) is 3.06. The van der Waals surface area contributed by atoms with Gasteiger partial charge in [0, 0.05) is 6.42 Å². The van der Waals surface area contributed by atoms with Crippen molar-refractivity contribution < 1.29 is 14.3 Å². The molecule has 3 aliphatic rings. The van der Waals surface area contributed by atoms with Crippen molar-refractivity contribution in [3.63, 3.8) is 0 Å². The molecule has 3 saturated carbocycles. The van der Waals surface area contributed by atoms with Gasteiger partial charge in [-0.2, -0.15) is 0 Å². The van der Waals surface area contributed by atoms with E-state index in [2.05, 4.69) is 0 Å². The molecular formula is C12H16O3. The van der Waals surface area contributed by atoms with Gasteiger partial charge in [0.25, 0.3) is 0 Å². The van der Waals surface area contributed by atoms with Crippen LogP contribution in [0.5, 0.6) is 0 Å². The van der Waals surface area contributed by atoms with E-state index in [1.807, 2.05) is 0 Å². The van der Waals surface area contributed by atoms with Gasteiger partial charge in [-0.25, -0.2) is 0 Å². The van der Waals surface area contributed by atoms with Crippen LogP contribution < -0.4 is 0 Å². The Morgan fingerprint density at radius 1 is 1.33 bits per heavy atom. The van der Waals surface area contributed by atoms with Crippen molar-refractivity contribution >= 4 is 11.8 Å². The molecule has 0 amide bonds. The van der Waals surface area contributed by atoms with E-state index in [4.69, 9.17) is 4.74 Å². The summed E-state index contributed by atoms with van der Waals surface area (Å²) in [6, 6.07) is 0. The quantitative estimate of drug-likeness (QED) is 0.483. The molecular weight excluding hydrogens is 192 g/mol. The second-order valence-electron chi connectivity index (χ2n) is 5.25. The van der Waals surface area contributed by atoms with Crippen molar-refractivity contribution in [3.05, 3.63) is 0 Å². The minimum absolute atomic E-state index is 0.133. The number of hydrogen-bond acceptors (Lipinski definition) is 3. The van der Waals surface area contributed by atoms with Crippen LogP contribution in [0.4, 0.5) is 0 Å². The van der Waals surface area contributed by atoms with Crippen LogP contribution in [0.3, 0.4) is 0 Å². The smallest absolute Gasteiger partial charge is 0.316 e. The van der Waals surface area contributed by atoms with Gasteiger partial charge in [0.15, 0.2) is 0 Å². The number of carbonyl (C=O) groups is 2. The summed E-state index contributed by atoms with van der Waals surface area (Å²) < 4.78 is 4.76. The lowest BCUT2D eigenvalue weighted by Crippen LogP contribution is -2.30. The molecule has 0 aromatic rings. The van der Waals surface area contributed by atoms with E-state index in [-0.39, 0.29) is 11.8 Å². The summed E-state index contributed by atoms with van der Waals surface area (Å²) in [4.78, 5) is 23.4. The molecule has 2 bridgehead atoms. The SMILES string of the molecule is COC(=O)[C@H]1C(=O)C[C@@H]2[C@@H]3CC[C@@H](C3)[C@H]12. The van der Waals surface area contributed by atoms with Gasteiger partial charge in [-0.1, -0.05) is 0 Å². The van der Waals surface area contributed by atoms with Crippen LogP contribution in [-0.2, 0) is 14.3 Å². The molecule has 0 N–H and O–H groups in total. The Hall–Kier alpha value is -0.860. The van der Waals surface area contributed by atoms with Crippen LogP contribution >= 0.6 is 0 Å². The van der Waals surface area contributed by atoms with E-state index in [0.29, 0.717) is 24.2 Å². The van der Waals surface area contributed by atoms with Gasteiger partial charge >= 0.3 is 5.97 Å². The fourth-order valence-electron chi connectivity index (χ4n) is 4.27. The summed E-state index contributed by atoms with van der Waals surface area (Å²) in [5.74, 6) is 1.59. The fraction of sp³-hybridized carbons (Fsp3) is 0.833. The lowest BCUT2D eigenvalue weighted by atomic mass is 9.78. The zero-order valence-electron chi connectivity index (χ0n) is 8.94. The molecule has 3 aliphatic carbocycles. The molecule has 0 aliphatic heterocycles. The van der Waals surface area contributed by atoms with Gasteiger partial charge in [-0.05, 0) is 42.9 Å². The first kappa shape index (κ1) is 9.37. The van der Waals surface area contributed by atoms with Crippen LogP contribution in [0.15, 0.2) is 0 Å². The average molecular weight is 208 g/mol. The predicted molar refractivity (Wildman–Crippen MR) is 52.9 cm³/mol. The molecule has 3 fully saturated rings. The molecule has 0 heterocycles. The Bertz CT molecular complexity index is 323. The van der Waals surface area contributed by atoms with Crippen molar-refractivity contribution in [2.24, 2.45) is 29.6 Å². The lowest BCUT2D eigenvalue weighted by molar-refractivity contribution is -0.150. The molecule has 0 aromatic carbocycles. The number of hydrogen-bond donors (Lipinski definition) is 0. The fourth-order valence-corrected chi connectivity index (χ4v) is 4.27. The summed E-state index contributed by atoms with van der Waals surface area (Å²) in [6.07, 6.45) is 4.36. The summed E-state index contributed by atoms with van der Waals surface area (Å²) >= 11 is 0. The van der Waals surface area contributed by atoms with E-state index in [1.54, 1.807) is 0 Å². The predicted octanol–water partition coefficient (Wildman–Crippen LogP) is 1.41. The second-order valence-corrected chi connectivity index (χ2v) is 5.25. The summed E-state index contributed by atoms with van der Waals surface area (Å²) in [7, 11) is 1.39. The van der Waals surface area contributed by atoms with Crippen LogP contribution in [-0.4, -0.2) is 18.9 Å². The monoisotopic (exact) mass is 208 g/mol. The molecule has 0 unspecified atom stereocenters. The van der Waals surface area contributed by atoms with E-state index < -0.39 is 5.92 Å². The summed E-state index contributed by atoms with van der Waals surface area (Å²) in [6.45, 7) is 0. The Kier molecular flexibility index (Phi) is 1.91. The molecule has 0 spiro atoms. The maximum absolute atomic E-state index is 11.8. The van der Waals surface area contributed by atoms with E-state index in [9.17, 15) is 9.59 Å². The molecule has 0 aromatic heterocycles. The number of ketones is 1. The van der Waals surface area contributed by atoms with Gasteiger partial charge in [0.2, 0.25) is 0 Å². The standard InChI is InChI=1S/C12H16O3/c1-15-12(14)11-9(13)5-8-6-2-3-7(4-6)10(8)11/h6-8,10-11H,2-5H2,1H3/t6-,7+,8-,10+,11+/m1/s1. The van der Waals surface area contributed by atoms with Gasteiger partial charge in [0.05, 0.1) is 7.11 Å². The van der Waals surface area contributed by atoms with E-state index >= 15 is 0 Å². The first-order valence-corrected chi connectivity index (χ1v) is 5.83. The molecule has 5 atom stereocenters. The number of ether oxygens (including phenoxy) is 1. The Labute approximate surface area is 89.2 Å². The number of esters is 1.